The first kappa shape index (κ1) is 9.96. The van der Waals surface area contributed by atoms with Gasteiger partial charge in [-0.05, 0) is 6.42 Å². The van der Waals surface area contributed by atoms with Gasteiger partial charge in [-0.1, -0.05) is 19.8 Å². The molecule has 0 heterocycles. The monoisotopic (exact) mass is 153 g/mol. The van der Waals surface area contributed by atoms with Crippen molar-refractivity contribution in [2.45, 2.75) is 32.6 Å². The fraction of sp³-hybridized carbons (Fsp3) is 0.750. The van der Waals surface area contributed by atoms with Gasteiger partial charge in [0.05, 0.1) is 12.5 Å². The summed E-state index contributed by atoms with van der Waals surface area (Å²) >= 11 is 0. The Bertz CT molecular complexity index is 135. The van der Waals surface area contributed by atoms with Gasteiger partial charge in [0, 0.05) is 12.8 Å². The molecule has 0 aliphatic rings. The molecule has 0 fully saturated rings. The van der Waals surface area contributed by atoms with Crippen LogP contribution in [-0.2, 0) is 0 Å². The van der Waals surface area contributed by atoms with Gasteiger partial charge < -0.3 is 5.43 Å². The molecule has 0 bridgehead atoms. The van der Waals surface area contributed by atoms with Gasteiger partial charge >= 0.3 is 0 Å². The van der Waals surface area contributed by atoms with Crippen LogP contribution >= 0.6 is 0 Å². The van der Waals surface area contributed by atoms with Gasteiger partial charge in [-0.15, -0.1) is 0 Å². The average Bonchev–Trinajstić information content (AvgIpc) is 2.03. The second-order valence-corrected chi connectivity index (χ2v) is 2.29. The smallest absolute Gasteiger partial charge is 0.0722 e. The Kier molecular flexibility index (Phi) is 8.11. The number of hydrogen-bond acceptors (Lipinski definition) is 3. The Morgan fingerprint density at radius 2 is 2.36 bits per heavy atom. The Labute approximate surface area is 68.1 Å². The highest BCUT2D eigenvalue weighted by Gasteiger charge is 1.81. The summed E-state index contributed by atoms with van der Waals surface area (Å²) < 4.78 is 0. The standard InChI is InChI=1S/C8H15N3/c1-2-3-4-7-10-11-8-5-6-9/h8,10H,2-5,7H2,1H3. The molecule has 0 amide bonds. The van der Waals surface area contributed by atoms with Crippen molar-refractivity contribution in [2.24, 2.45) is 5.10 Å². The van der Waals surface area contributed by atoms with Crippen molar-refractivity contribution in [1.82, 2.24) is 5.43 Å². The second kappa shape index (κ2) is 8.96. The van der Waals surface area contributed by atoms with Gasteiger partial charge in [-0.25, -0.2) is 0 Å². The minimum absolute atomic E-state index is 0.390. The summed E-state index contributed by atoms with van der Waals surface area (Å²) in [5, 5.41) is 12.0. The molecular formula is C8H15N3. The van der Waals surface area contributed by atoms with Gasteiger partial charge in [0.1, 0.15) is 0 Å². The molecule has 0 rings (SSSR count). The van der Waals surface area contributed by atoms with Crippen molar-refractivity contribution in [2.75, 3.05) is 6.54 Å². The largest absolute Gasteiger partial charge is 0.310 e. The first-order valence-electron chi connectivity index (χ1n) is 4.03. The van der Waals surface area contributed by atoms with E-state index in [0.29, 0.717) is 6.42 Å². The number of nitriles is 1. The highest BCUT2D eigenvalue weighted by molar-refractivity contribution is 5.59. The molecule has 0 radical (unpaired) electrons. The number of hydrogen-bond donors (Lipinski definition) is 1. The molecule has 3 nitrogen and oxygen atoms in total. The van der Waals surface area contributed by atoms with E-state index in [-0.39, 0.29) is 0 Å². The van der Waals surface area contributed by atoms with Crippen LogP contribution in [0, 0.1) is 11.3 Å². The predicted molar refractivity (Wildman–Crippen MR) is 46.2 cm³/mol. The summed E-state index contributed by atoms with van der Waals surface area (Å²) in [7, 11) is 0. The lowest BCUT2D eigenvalue weighted by atomic mass is 10.3. The Morgan fingerprint density at radius 1 is 1.55 bits per heavy atom. The van der Waals surface area contributed by atoms with E-state index in [9.17, 15) is 0 Å². The molecule has 0 spiro atoms. The molecule has 0 aliphatic carbocycles. The van der Waals surface area contributed by atoms with E-state index in [1.807, 2.05) is 6.07 Å². The first-order valence-corrected chi connectivity index (χ1v) is 4.03. The first-order chi connectivity index (χ1) is 5.41. The topological polar surface area (TPSA) is 48.2 Å². The van der Waals surface area contributed by atoms with Crippen molar-refractivity contribution in [3.63, 3.8) is 0 Å². The van der Waals surface area contributed by atoms with Crippen LogP contribution in [0.5, 0.6) is 0 Å². The van der Waals surface area contributed by atoms with Gasteiger partial charge in [0.2, 0.25) is 0 Å². The minimum atomic E-state index is 0.390. The van der Waals surface area contributed by atoms with Gasteiger partial charge in [0.25, 0.3) is 0 Å². The summed E-state index contributed by atoms with van der Waals surface area (Å²) in [5.74, 6) is 0. The quantitative estimate of drug-likeness (QED) is 0.358. The normalized spacial score (nSPS) is 9.82. The minimum Gasteiger partial charge on any atom is -0.310 e. The predicted octanol–water partition coefficient (Wildman–Crippen LogP) is 1.67. The van der Waals surface area contributed by atoms with E-state index in [1.54, 1.807) is 6.21 Å². The summed E-state index contributed by atoms with van der Waals surface area (Å²) in [6.07, 6.45) is 5.59. The zero-order valence-corrected chi connectivity index (χ0v) is 7.01. The van der Waals surface area contributed by atoms with E-state index >= 15 is 0 Å². The van der Waals surface area contributed by atoms with Crippen LogP contribution in [0.15, 0.2) is 5.10 Å². The summed E-state index contributed by atoms with van der Waals surface area (Å²) in [6.45, 7) is 3.08. The lowest BCUT2D eigenvalue weighted by molar-refractivity contribution is 0.640. The van der Waals surface area contributed by atoms with Gasteiger partial charge in [-0.3, -0.25) is 0 Å². The molecule has 62 valence electrons. The highest BCUT2D eigenvalue weighted by atomic mass is 15.3. The van der Waals surface area contributed by atoms with Crippen LogP contribution in [-0.4, -0.2) is 12.8 Å². The van der Waals surface area contributed by atoms with Crippen LogP contribution in [0.3, 0.4) is 0 Å². The maximum Gasteiger partial charge on any atom is 0.0722 e. The Balaban J connectivity index is 2.96. The number of nitrogens with one attached hydrogen (secondary N) is 1. The molecule has 0 aromatic carbocycles. The van der Waals surface area contributed by atoms with Crippen molar-refractivity contribution in [3.8, 4) is 6.07 Å². The molecule has 11 heavy (non-hydrogen) atoms. The molecule has 0 atom stereocenters. The van der Waals surface area contributed by atoms with Crippen LogP contribution in [0.25, 0.3) is 0 Å². The van der Waals surface area contributed by atoms with Crippen LogP contribution in [0.1, 0.15) is 32.6 Å². The third kappa shape index (κ3) is 8.96. The van der Waals surface area contributed by atoms with E-state index in [0.717, 1.165) is 13.0 Å². The van der Waals surface area contributed by atoms with Crippen molar-refractivity contribution < 1.29 is 0 Å². The molecule has 3 heteroatoms. The molecule has 0 aliphatic heterocycles. The van der Waals surface area contributed by atoms with Crippen LogP contribution in [0.4, 0.5) is 0 Å². The Hall–Kier alpha value is -1.04. The fourth-order valence-electron chi connectivity index (χ4n) is 0.670. The molecule has 0 saturated carbocycles. The molecule has 0 aromatic rings. The summed E-state index contributed by atoms with van der Waals surface area (Å²) in [5.41, 5.74) is 2.87. The second-order valence-electron chi connectivity index (χ2n) is 2.29. The van der Waals surface area contributed by atoms with Gasteiger partial charge in [-0.2, -0.15) is 10.4 Å². The molecular weight excluding hydrogens is 138 g/mol. The van der Waals surface area contributed by atoms with Crippen LogP contribution in [0.2, 0.25) is 0 Å². The molecule has 0 saturated heterocycles. The van der Waals surface area contributed by atoms with E-state index in [1.165, 1.54) is 12.8 Å². The lowest BCUT2D eigenvalue weighted by Gasteiger charge is -1.96. The third-order valence-corrected chi connectivity index (χ3v) is 1.26. The number of unbranched alkanes of at least 4 members (excludes halogenated alkanes) is 2. The van der Waals surface area contributed by atoms with E-state index in [2.05, 4.69) is 17.5 Å². The SMILES string of the molecule is CCCCCNN=CCC#N. The van der Waals surface area contributed by atoms with Gasteiger partial charge in [0.15, 0.2) is 0 Å². The van der Waals surface area contributed by atoms with E-state index < -0.39 is 0 Å². The molecule has 0 unspecified atom stereocenters. The maximum atomic E-state index is 8.14. The third-order valence-electron chi connectivity index (χ3n) is 1.26. The van der Waals surface area contributed by atoms with Crippen LogP contribution < -0.4 is 5.43 Å². The maximum absolute atomic E-state index is 8.14. The molecule has 0 aromatic heterocycles. The number of hydrazone groups is 1. The summed E-state index contributed by atoms with van der Waals surface area (Å²) in [6, 6.07) is 1.98. The van der Waals surface area contributed by atoms with Crippen molar-refractivity contribution in [3.05, 3.63) is 0 Å². The lowest BCUT2D eigenvalue weighted by Crippen LogP contribution is -2.06. The van der Waals surface area contributed by atoms with Crippen molar-refractivity contribution in [1.29, 1.82) is 5.26 Å². The Morgan fingerprint density at radius 3 is 3.00 bits per heavy atom. The highest BCUT2D eigenvalue weighted by Crippen LogP contribution is 1.90. The average molecular weight is 153 g/mol. The summed E-state index contributed by atoms with van der Waals surface area (Å²) in [4.78, 5) is 0. The van der Waals surface area contributed by atoms with Crippen molar-refractivity contribution >= 4 is 6.21 Å². The zero-order valence-electron chi connectivity index (χ0n) is 7.01. The number of rotatable bonds is 6. The molecule has 1 N–H and O–H groups in total. The fourth-order valence-corrected chi connectivity index (χ4v) is 0.670. The van der Waals surface area contributed by atoms with E-state index in [4.69, 9.17) is 5.26 Å². The number of nitrogens with zero attached hydrogens (tertiary/aromatic N) is 2. The zero-order chi connectivity index (χ0) is 8.36.